The molecule has 3 nitrogen and oxygen atoms in total. The fourth-order valence-corrected chi connectivity index (χ4v) is 1.21. The van der Waals surface area contributed by atoms with E-state index >= 15 is 0 Å². The van der Waals surface area contributed by atoms with E-state index in [1.165, 1.54) is 0 Å². The summed E-state index contributed by atoms with van der Waals surface area (Å²) in [4.78, 5) is 0. The second-order valence-electron chi connectivity index (χ2n) is 3.04. The third-order valence-corrected chi connectivity index (χ3v) is 1.84. The number of hydrogen-bond donors (Lipinski definition) is 3. The standard InChI is InChI=1S/C10H14O3/c11-5-4-10(13)7-8-2-1-3-9(12)6-8/h1-3,6,10-13H,4-5,7H2. The first-order valence-electron chi connectivity index (χ1n) is 4.29. The largest absolute Gasteiger partial charge is 0.508 e. The summed E-state index contributed by atoms with van der Waals surface area (Å²) in [6.07, 6.45) is 0.303. The van der Waals surface area contributed by atoms with Gasteiger partial charge in [-0.2, -0.15) is 0 Å². The summed E-state index contributed by atoms with van der Waals surface area (Å²) in [6, 6.07) is 6.76. The zero-order chi connectivity index (χ0) is 9.68. The molecule has 0 saturated heterocycles. The van der Waals surface area contributed by atoms with Crippen LogP contribution in [0, 0.1) is 0 Å². The Morgan fingerprint density at radius 1 is 1.31 bits per heavy atom. The Bertz CT molecular complexity index is 260. The van der Waals surface area contributed by atoms with Crippen molar-refractivity contribution in [2.24, 2.45) is 0 Å². The Balaban J connectivity index is 2.53. The first-order valence-corrected chi connectivity index (χ1v) is 4.29. The quantitative estimate of drug-likeness (QED) is 0.641. The van der Waals surface area contributed by atoms with Crippen LogP contribution in [-0.2, 0) is 6.42 Å². The van der Waals surface area contributed by atoms with Crippen LogP contribution in [0.2, 0.25) is 0 Å². The molecule has 0 heterocycles. The van der Waals surface area contributed by atoms with E-state index in [0.717, 1.165) is 5.56 Å². The van der Waals surface area contributed by atoms with Crippen molar-refractivity contribution in [1.29, 1.82) is 0 Å². The maximum atomic E-state index is 9.35. The van der Waals surface area contributed by atoms with Gasteiger partial charge in [0.15, 0.2) is 0 Å². The molecule has 1 unspecified atom stereocenters. The maximum absolute atomic E-state index is 9.35. The Labute approximate surface area is 77.3 Å². The normalized spacial score (nSPS) is 12.8. The molecule has 0 aliphatic rings. The van der Waals surface area contributed by atoms with Crippen molar-refractivity contribution in [1.82, 2.24) is 0 Å². The van der Waals surface area contributed by atoms with Crippen LogP contribution in [0.5, 0.6) is 5.75 Å². The van der Waals surface area contributed by atoms with Crippen LogP contribution in [-0.4, -0.2) is 28.0 Å². The monoisotopic (exact) mass is 182 g/mol. The van der Waals surface area contributed by atoms with Gasteiger partial charge in [-0.15, -0.1) is 0 Å². The highest BCUT2D eigenvalue weighted by Gasteiger charge is 2.04. The molecule has 0 fully saturated rings. The van der Waals surface area contributed by atoms with Gasteiger partial charge in [0.2, 0.25) is 0 Å². The van der Waals surface area contributed by atoms with Crippen molar-refractivity contribution < 1.29 is 15.3 Å². The van der Waals surface area contributed by atoms with Crippen molar-refractivity contribution in [2.75, 3.05) is 6.61 Å². The first kappa shape index (κ1) is 10.0. The van der Waals surface area contributed by atoms with Crippen LogP contribution in [0.25, 0.3) is 0 Å². The number of aromatic hydroxyl groups is 1. The molecular weight excluding hydrogens is 168 g/mol. The molecule has 0 aliphatic carbocycles. The van der Waals surface area contributed by atoms with Crippen molar-refractivity contribution in [3.05, 3.63) is 29.8 Å². The second kappa shape index (κ2) is 4.84. The van der Waals surface area contributed by atoms with E-state index in [1.807, 2.05) is 6.07 Å². The lowest BCUT2D eigenvalue weighted by Crippen LogP contribution is -2.11. The molecule has 0 aliphatic heterocycles. The number of hydrogen-bond acceptors (Lipinski definition) is 3. The predicted octanol–water partition coefficient (Wildman–Crippen LogP) is 0.678. The third kappa shape index (κ3) is 3.44. The van der Waals surface area contributed by atoms with E-state index in [4.69, 9.17) is 10.2 Å². The average Bonchev–Trinajstić information content (AvgIpc) is 2.04. The number of rotatable bonds is 4. The van der Waals surface area contributed by atoms with Crippen LogP contribution in [0.4, 0.5) is 0 Å². The highest BCUT2D eigenvalue weighted by atomic mass is 16.3. The van der Waals surface area contributed by atoms with Crippen molar-refractivity contribution in [3.8, 4) is 5.75 Å². The number of aliphatic hydroxyl groups excluding tert-OH is 2. The van der Waals surface area contributed by atoms with Gasteiger partial charge in [-0.05, 0) is 30.5 Å². The Hall–Kier alpha value is -1.06. The summed E-state index contributed by atoms with van der Waals surface area (Å²) in [6.45, 7) is -0.0139. The van der Waals surface area contributed by atoms with E-state index < -0.39 is 6.10 Å². The molecule has 0 saturated carbocycles. The molecule has 0 aromatic heterocycles. The van der Waals surface area contributed by atoms with E-state index in [0.29, 0.717) is 12.8 Å². The topological polar surface area (TPSA) is 60.7 Å². The molecule has 0 radical (unpaired) electrons. The van der Waals surface area contributed by atoms with E-state index in [-0.39, 0.29) is 12.4 Å². The van der Waals surface area contributed by atoms with Crippen molar-refractivity contribution in [2.45, 2.75) is 18.9 Å². The first-order chi connectivity index (χ1) is 6.22. The summed E-state index contributed by atoms with van der Waals surface area (Å²) >= 11 is 0. The van der Waals surface area contributed by atoms with Gasteiger partial charge >= 0.3 is 0 Å². The molecule has 3 heteroatoms. The highest BCUT2D eigenvalue weighted by Crippen LogP contribution is 2.13. The SMILES string of the molecule is OCCC(O)Cc1cccc(O)c1. The minimum absolute atomic E-state index is 0.0139. The Morgan fingerprint density at radius 2 is 2.08 bits per heavy atom. The van der Waals surface area contributed by atoms with Crippen LogP contribution >= 0.6 is 0 Å². The van der Waals surface area contributed by atoms with E-state index in [9.17, 15) is 5.11 Å². The number of phenols is 1. The highest BCUT2D eigenvalue weighted by molar-refractivity contribution is 5.27. The third-order valence-electron chi connectivity index (χ3n) is 1.84. The number of benzene rings is 1. The summed E-state index contributed by atoms with van der Waals surface area (Å²) in [7, 11) is 0. The lowest BCUT2D eigenvalue weighted by Gasteiger charge is -2.08. The van der Waals surface area contributed by atoms with Gasteiger partial charge in [-0.25, -0.2) is 0 Å². The predicted molar refractivity (Wildman–Crippen MR) is 49.5 cm³/mol. The molecule has 0 bridgehead atoms. The lowest BCUT2D eigenvalue weighted by atomic mass is 10.1. The van der Waals surface area contributed by atoms with Gasteiger partial charge in [0.05, 0.1) is 6.10 Å². The zero-order valence-electron chi connectivity index (χ0n) is 7.35. The summed E-state index contributed by atoms with van der Waals surface area (Å²) < 4.78 is 0. The Kier molecular flexibility index (Phi) is 3.73. The second-order valence-corrected chi connectivity index (χ2v) is 3.04. The van der Waals surface area contributed by atoms with Crippen LogP contribution in [0.3, 0.4) is 0 Å². The number of phenolic OH excluding ortho intramolecular Hbond substituents is 1. The van der Waals surface area contributed by atoms with Gasteiger partial charge in [0.25, 0.3) is 0 Å². The van der Waals surface area contributed by atoms with Gasteiger partial charge < -0.3 is 15.3 Å². The van der Waals surface area contributed by atoms with Gasteiger partial charge in [0, 0.05) is 6.61 Å². The van der Waals surface area contributed by atoms with E-state index in [2.05, 4.69) is 0 Å². The maximum Gasteiger partial charge on any atom is 0.115 e. The Morgan fingerprint density at radius 3 is 2.69 bits per heavy atom. The van der Waals surface area contributed by atoms with Crippen molar-refractivity contribution >= 4 is 0 Å². The molecule has 0 amide bonds. The molecule has 1 rings (SSSR count). The minimum Gasteiger partial charge on any atom is -0.508 e. The average molecular weight is 182 g/mol. The lowest BCUT2D eigenvalue weighted by molar-refractivity contribution is 0.133. The summed E-state index contributed by atoms with van der Waals surface area (Å²) in [5, 5.41) is 27.0. The van der Waals surface area contributed by atoms with Crippen LogP contribution in [0.1, 0.15) is 12.0 Å². The molecule has 1 aromatic carbocycles. The summed E-state index contributed by atoms with van der Waals surface area (Å²) in [5.74, 6) is 0.202. The zero-order valence-corrected chi connectivity index (χ0v) is 7.35. The smallest absolute Gasteiger partial charge is 0.115 e. The minimum atomic E-state index is -0.535. The molecule has 72 valence electrons. The van der Waals surface area contributed by atoms with Gasteiger partial charge in [-0.1, -0.05) is 12.1 Å². The molecule has 13 heavy (non-hydrogen) atoms. The molecule has 1 aromatic rings. The van der Waals surface area contributed by atoms with Gasteiger partial charge in [-0.3, -0.25) is 0 Å². The van der Waals surface area contributed by atoms with Crippen LogP contribution < -0.4 is 0 Å². The fraction of sp³-hybridized carbons (Fsp3) is 0.400. The molecule has 1 atom stereocenters. The molecular formula is C10H14O3. The number of aliphatic hydroxyl groups is 2. The van der Waals surface area contributed by atoms with Crippen LogP contribution in [0.15, 0.2) is 24.3 Å². The molecule has 0 spiro atoms. The van der Waals surface area contributed by atoms with E-state index in [1.54, 1.807) is 18.2 Å². The summed E-state index contributed by atoms with van der Waals surface area (Å²) in [5.41, 5.74) is 0.876. The van der Waals surface area contributed by atoms with Gasteiger partial charge in [0.1, 0.15) is 5.75 Å². The van der Waals surface area contributed by atoms with Crippen molar-refractivity contribution in [3.63, 3.8) is 0 Å². The molecule has 3 N–H and O–H groups in total. The fourth-order valence-electron chi connectivity index (χ4n) is 1.21.